The largest absolute Gasteiger partial charge is 0.450 e. The van der Waals surface area contributed by atoms with Gasteiger partial charge in [-0.1, -0.05) is 30.3 Å². The van der Waals surface area contributed by atoms with E-state index in [1.807, 2.05) is 30.3 Å². The maximum absolute atomic E-state index is 9.60. The number of benzene rings is 1. The molecule has 0 unspecified atom stereocenters. The topological polar surface area (TPSA) is 72.5 Å². The van der Waals surface area contributed by atoms with Crippen LogP contribution in [0, 0.1) is 0 Å². The Bertz CT molecular complexity index is 249. The van der Waals surface area contributed by atoms with Crippen LogP contribution in [0.25, 0.3) is 0 Å². The molecule has 0 radical (unpaired) electrons. The number of nitrogens with two attached hydrogens (primary N) is 1. The minimum absolute atomic E-state index is 0.140. The molecule has 0 aliphatic rings. The van der Waals surface area contributed by atoms with Crippen molar-refractivity contribution in [1.82, 2.24) is 0 Å². The zero-order valence-corrected chi connectivity index (χ0v) is 8.14. The molecule has 1 amide bonds. The average molecular weight is 197 g/mol. The van der Waals surface area contributed by atoms with E-state index in [-0.39, 0.29) is 6.61 Å². The van der Waals surface area contributed by atoms with E-state index in [4.69, 9.17) is 5.11 Å². The van der Waals surface area contributed by atoms with Gasteiger partial charge in [0.15, 0.2) is 0 Å². The van der Waals surface area contributed by atoms with Gasteiger partial charge in [-0.3, -0.25) is 0 Å². The molecule has 4 nitrogen and oxygen atoms in total. The summed E-state index contributed by atoms with van der Waals surface area (Å²) in [5.74, 6) is 0. The number of hydrogen-bond acceptors (Lipinski definition) is 3. The standard InChI is InChI=1S/C7H8O.C3H7NO2/c8-6-7-4-2-1-3-5-7;1-2-6-3(4)5/h1-5,8H,6H2;2H2,1H3,(H2,4,5). The third-order valence-electron chi connectivity index (χ3n) is 1.31. The predicted octanol–water partition coefficient (Wildman–Crippen LogP) is 1.28. The van der Waals surface area contributed by atoms with Crippen molar-refractivity contribution in [2.24, 2.45) is 5.73 Å². The molecule has 4 heteroatoms. The van der Waals surface area contributed by atoms with Gasteiger partial charge >= 0.3 is 6.09 Å². The Balaban J connectivity index is 0.000000255. The molecule has 0 saturated carbocycles. The van der Waals surface area contributed by atoms with Crippen LogP contribution in [0.1, 0.15) is 12.5 Å². The fourth-order valence-corrected chi connectivity index (χ4v) is 0.726. The highest BCUT2D eigenvalue weighted by Crippen LogP contribution is 1.95. The molecule has 1 aromatic carbocycles. The van der Waals surface area contributed by atoms with E-state index in [1.165, 1.54) is 0 Å². The van der Waals surface area contributed by atoms with Crippen LogP contribution < -0.4 is 5.73 Å². The maximum atomic E-state index is 9.60. The molecule has 0 atom stereocenters. The van der Waals surface area contributed by atoms with Crippen molar-refractivity contribution in [3.63, 3.8) is 0 Å². The molecule has 0 bridgehead atoms. The molecule has 0 saturated heterocycles. The zero-order chi connectivity index (χ0) is 10.8. The number of rotatable bonds is 2. The van der Waals surface area contributed by atoms with Gasteiger partial charge in [-0.2, -0.15) is 0 Å². The van der Waals surface area contributed by atoms with Crippen molar-refractivity contribution in [2.75, 3.05) is 6.61 Å². The molecule has 0 fully saturated rings. The third kappa shape index (κ3) is 7.12. The Morgan fingerprint density at radius 1 is 1.43 bits per heavy atom. The molecule has 78 valence electrons. The normalized spacial score (nSPS) is 8.43. The van der Waals surface area contributed by atoms with Gasteiger partial charge in [0, 0.05) is 0 Å². The minimum atomic E-state index is -0.711. The second-order valence-corrected chi connectivity index (χ2v) is 2.40. The summed E-state index contributed by atoms with van der Waals surface area (Å²) in [5, 5.41) is 8.54. The Hall–Kier alpha value is -1.55. The summed E-state index contributed by atoms with van der Waals surface area (Å²) in [6.45, 7) is 2.20. The number of carbonyl (C=O) groups excluding carboxylic acids is 1. The number of ether oxygens (including phenoxy) is 1. The lowest BCUT2D eigenvalue weighted by Crippen LogP contribution is -2.11. The van der Waals surface area contributed by atoms with Crippen LogP contribution >= 0.6 is 0 Å². The average Bonchev–Trinajstić information content (AvgIpc) is 2.20. The molecule has 3 N–H and O–H groups in total. The van der Waals surface area contributed by atoms with Crippen LogP contribution in [0.2, 0.25) is 0 Å². The van der Waals surface area contributed by atoms with Crippen molar-refractivity contribution < 1.29 is 14.6 Å². The number of amides is 1. The number of primary amides is 1. The van der Waals surface area contributed by atoms with E-state index in [2.05, 4.69) is 10.5 Å². The summed E-state index contributed by atoms with van der Waals surface area (Å²) in [6, 6.07) is 9.52. The van der Waals surface area contributed by atoms with Gasteiger partial charge in [0.05, 0.1) is 13.2 Å². The zero-order valence-electron chi connectivity index (χ0n) is 8.14. The van der Waals surface area contributed by atoms with E-state index in [0.717, 1.165) is 5.56 Å². The highest BCUT2D eigenvalue weighted by molar-refractivity contribution is 5.64. The maximum Gasteiger partial charge on any atom is 0.404 e. The molecular weight excluding hydrogens is 182 g/mol. The Kier molecular flexibility index (Phi) is 7.17. The molecule has 14 heavy (non-hydrogen) atoms. The van der Waals surface area contributed by atoms with Crippen LogP contribution in [0.3, 0.4) is 0 Å². The van der Waals surface area contributed by atoms with Crippen LogP contribution in [-0.2, 0) is 11.3 Å². The predicted molar refractivity (Wildman–Crippen MR) is 53.6 cm³/mol. The smallest absolute Gasteiger partial charge is 0.404 e. The van der Waals surface area contributed by atoms with E-state index in [9.17, 15) is 4.79 Å². The van der Waals surface area contributed by atoms with Crippen LogP contribution in [0.15, 0.2) is 30.3 Å². The highest BCUT2D eigenvalue weighted by Gasteiger charge is 1.82. The molecule has 0 aliphatic heterocycles. The first-order valence-electron chi connectivity index (χ1n) is 4.27. The summed E-state index contributed by atoms with van der Waals surface area (Å²) in [6.07, 6.45) is -0.711. The number of aliphatic hydroxyl groups excluding tert-OH is 1. The van der Waals surface area contributed by atoms with Gasteiger partial charge in [-0.25, -0.2) is 4.79 Å². The van der Waals surface area contributed by atoms with Crippen molar-refractivity contribution in [3.05, 3.63) is 35.9 Å². The quantitative estimate of drug-likeness (QED) is 0.750. The van der Waals surface area contributed by atoms with Crippen LogP contribution in [0.5, 0.6) is 0 Å². The van der Waals surface area contributed by atoms with Crippen LogP contribution in [-0.4, -0.2) is 17.8 Å². The van der Waals surface area contributed by atoms with E-state index in [0.29, 0.717) is 6.61 Å². The van der Waals surface area contributed by atoms with E-state index >= 15 is 0 Å². The van der Waals surface area contributed by atoms with E-state index < -0.39 is 6.09 Å². The molecule has 0 aliphatic carbocycles. The SMILES string of the molecule is CCOC(N)=O.OCc1ccccc1. The van der Waals surface area contributed by atoms with E-state index in [1.54, 1.807) is 6.92 Å². The number of hydrogen-bond donors (Lipinski definition) is 2. The van der Waals surface area contributed by atoms with Gasteiger partial charge in [-0.05, 0) is 12.5 Å². The summed E-state index contributed by atoms with van der Waals surface area (Å²) in [5.41, 5.74) is 5.51. The Labute approximate surface area is 83.3 Å². The van der Waals surface area contributed by atoms with Crippen molar-refractivity contribution in [1.29, 1.82) is 0 Å². The lowest BCUT2D eigenvalue weighted by atomic mass is 10.2. The molecule has 1 rings (SSSR count). The van der Waals surface area contributed by atoms with Gasteiger partial charge in [0.2, 0.25) is 0 Å². The summed E-state index contributed by atoms with van der Waals surface area (Å²) < 4.78 is 4.18. The summed E-state index contributed by atoms with van der Waals surface area (Å²) in [7, 11) is 0. The molecule has 0 heterocycles. The number of aliphatic hydroxyl groups is 1. The van der Waals surface area contributed by atoms with Crippen molar-refractivity contribution >= 4 is 6.09 Å². The first-order chi connectivity index (χ1) is 6.70. The third-order valence-corrected chi connectivity index (χ3v) is 1.31. The Morgan fingerprint density at radius 2 is 2.00 bits per heavy atom. The monoisotopic (exact) mass is 197 g/mol. The first-order valence-corrected chi connectivity index (χ1v) is 4.27. The van der Waals surface area contributed by atoms with Crippen LogP contribution in [0.4, 0.5) is 4.79 Å². The molecule has 0 aromatic heterocycles. The van der Waals surface area contributed by atoms with Gasteiger partial charge < -0.3 is 15.6 Å². The molecule has 1 aromatic rings. The minimum Gasteiger partial charge on any atom is -0.450 e. The van der Waals surface area contributed by atoms with Gasteiger partial charge in [0.25, 0.3) is 0 Å². The highest BCUT2D eigenvalue weighted by atomic mass is 16.5. The number of carbonyl (C=O) groups is 1. The summed E-state index contributed by atoms with van der Waals surface area (Å²) in [4.78, 5) is 9.60. The van der Waals surface area contributed by atoms with Gasteiger partial charge in [-0.15, -0.1) is 0 Å². The fraction of sp³-hybridized carbons (Fsp3) is 0.300. The second kappa shape index (κ2) is 8.07. The molecular formula is C10H15NO3. The second-order valence-electron chi connectivity index (χ2n) is 2.40. The summed E-state index contributed by atoms with van der Waals surface area (Å²) >= 11 is 0. The fourth-order valence-electron chi connectivity index (χ4n) is 0.726. The Morgan fingerprint density at radius 3 is 2.21 bits per heavy atom. The van der Waals surface area contributed by atoms with Crippen molar-refractivity contribution in [3.8, 4) is 0 Å². The lowest BCUT2D eigenvalue weighted by Gasteiger charge is -1.89. The molecule has 0 spiro atoms. The van der Waals surface area contributed by atoms with Crippen molar-refractivity contribution in [2.45, 2.75) is 13.5 Å². The lowest BCUT2D eigenvalue weighted by molar-refractivity contribution is 0.163. The first kappa shape index (κ1) is 12.4. The van der Waals surface area contributed by atoms with Gasteiger partial charge in [0.1, 0.15) is 0 Å².